The lowest BCUT2D eigenvalue weighted by atomic mass is 9.99. The number of aromatic nitrogens is 2. The number of aromatic carboxylic acids is 1. The molecule has 0 aliphatic carbocycles. The van der Waals surface area contributed by atoms with Crippen molar-refractivity contribution in [2.24, 2.45) is 0 Å². The molecule has 35 heavy (non-hydrogen) atoms. The number of fused-ring (bicyclic) bond motifs is 1. The summed E-state index contributed by atoms with van der Waals surface area (Å²) in [6, 6.07) is 21.2. The molecule has 1 heterocycles. The van der Waals surface area contributed by atoms with Gasteiger partial charge in [-0.2, -0.15) is 10.5 Å². The Balaban J connectivity index is 1.80. The van der Waals surface area contributed by atoms with Crippen molar-refractivity contribution in [3.63, 3.8) is 0 Å². The van der Waals surface area contributed by atoms with Gasteiger partial charge in [-0.15, -0.1) is 0 Å². The second-order valence-electron chi connectivity index (χ2n) is 8.20. The second-order valence-corrected chi connectivity index (χ2v) is 8.20. The van der Waals surface area contributed by atoms with E-state index < -0.39 is 11.4 Å². The third-order valence-electron chi connectivity index (χ3n) is 5.92. The number of hydrogen-bond acceptors (Lipinski definition) is 5. The van der Waals surface area contributed by atoms with Crippen molar-refractivity contribution in [1.29, 1.82) is 10.5 Å². The minimum absolute atomic E-state index is 0.0969. The van der Waals surface area contributed by atoms with Crippen LogP contribution < -0.4 is 5.43 Å². The Labute approximate surface area is 202 Å². The summed E-state index contributed by atoms with van der Waals surface area (Å²) in [5.41, 5.74) is 2.93. The van der Waals surface area contributed by atoms with Crippen LogP contribution in [0.3, 0.4) is 0 Å². The summed E-state index contributed by atoms with van der Waals surface area (Å²) in [6.07, 6.45) is 2.61. The third kappa shape index (κ3) is 4.66. The van der Waals surface area contributed by atoms with Crippen LogP contribution in [-0.2, 0) is 13.0 Å². The highest BCUT2D eigenvalue weighted by Gasteiger charge is 2.15. The summed E-state index contributed by atoms with van der Waals surface area (Å²) in [5, 5.41) is 28.4. The summed E-state index contributed by atoms with van der Waals surface area (Å²) in [4.78, 5) is 28.8. The lowest BCUT2D eigenvalue weighted by Gasteiger charge is -2.11. The number of nitrogens with zero attached hydrogens (tertiary/aromatic N) is 4. The summed E-state index contributed by atoms with van der Waals surface area (Å²) >= 11 is 0. The fourth-order valence-corrected chi connectivity index (χ4v) is 4.10. The van der Waals surface area contributed by atoms with Gasteiger partial charge in [-0.05, 0) is 41.3 Å². The Morgan fingerprint density at radius 2 is 1.71 bits per heavy atom. The average Bonchev–Trinajstić information content (AvgIpc) is 3.12. The number of imidazole rings is 1. The van der Waals surface area contributed by atoms with Crippen molar-refractivity contribution in [2.75, 3.05) is 0 Å². The van der Waals surface area contributed by atoms with E-state index in [0.29, 0.717) is 29.6 Å². The molecule has 3 aromatic carbocycles. The van der Waals surface area contributed by atoms with Gasteiger partial charge in [0.1, 0.15) is 29.1 Å². The van der Waals surface area contributed by atoms with Crippen LogP contribution >= 0.6 is 0 Å². The van der Waals surface area contributed by atoms with Crippen LogP contribution in [0.5, 0.6) is 0 Å². The predicted octanol–water partition coefficient (Wildman–Crippen LogP) is 4.90. The first kappa shape index (κ1) is 23.4. The molecule has 4 rings (SSSR count). The number of carbonyl (C=O) groups is 1. The van der Waals surface area contributed by atoms with Gasteiger partial charge in [0, 0.05) is 13.0 Å². The molecule has 172 valence electrons. The number of carboxylic acids is 1. The van der Waals surface area contributed by atoms with E-state index in [1.807, 2.05) is 41.0 Å². The van der Waals surface area contributed by atoms with E-state index >= 15 is 0 Å². The van der Waals surface area contributed by atoms with Crippen molar-refractivity contribution < 1.29 is 9.90 Å². The van der Waals surface area contributed by atoms with Gasteiger partial charge in [-0.25, -0.2) is 9.78 Å². The molecule has 7 nitrogen and oxygen atoms in total. The van der Waals surface area contributed by atoms with Crippen molar-refractivity contribution >= 4 is 17.0 Å². The van der Waals surface area contributed by atoms with Crippen LogP contribution in [0.2, 0.25) is 0 Å². The minimum atomic E-state index is -0.981. The van der Waals surface area contributed by atoms with Crippen molar-refractivity contribution in [3.05, 3.63) is 99.0 Å². The largest absolute Gasteiger partial charge is 0.478 e. The van der Waals surface area contributed by atoms with Crippen LogP contribution in [-0.4, -0.2) is 20.6 Å². The minimum Gasteiger partial charge on any atom is -0.478 e. The van der Waals surface area contributed by atoms with Gasteiger partial charge in [0.05, 0.1) is 16.6 Å². The molecule has 0 aliphatic rings. The van der Waals surface area contributed by atoms with Gasteiger partial charge < -0.3 is 9.67 Å². The molecule has 0 amide bonds. The highest BCUT2D eigenvalue weighted by atomic mass is 16.4. The Bertz CT molecular complexity index is 1570. The normalized spacial score (nSPS) is 10.6. The Kier molecular flexibility index (Phi) is 6.71. The number of unbranched alkanes of at least 4 members (excludes halogenated alkanes) is 1. The lowest BCUT2D eigenvalue weighted by molar-refractivity contribution is 0.0697. The van der Waals surface area contributed by atoms with E-state index in [1.54, 1.807) is 24.3 Å². The molecule has 0 unspecified atom stereocenters. The maximum atomic E-state index is 12.5. The van der Waals surface area contributed by atoms with E-state index in [2.05, 4.69) is 6.92 Å². The molecule has 4 aromatic rings. The van der Waals surface area contributed by atoms with Crippen LogP contribution in [0.15, 0.2) is 65.5 Å². The van der Waals surface area contributed by atoms with Gasteiger partial charge in [-0.3, -0.25) is 4.79 Å². The highest BCUT2D eigenvalue weighted by molar-refractivity contribution is 5.96. The SMILES string of the molecule is CCCCc1nc2cc(C#N)c(=O)c(C#N)cc2n1Cc1ccc(-c2ccccc2C(=O)O)cc1. The van der Waals surface area contributed by atoms with Crippen LogP contribution in [0, 0.1) is 22.7 Å². The monoisotopic (exact) mass is 462 g/mol. The number of hydrogen-bond donors (Lipinski definition) is 1. The van der Waals surface area contributed by atoms with Gasteiger partial charge >= 0.3 is 5.97 Å². The Morgan fingerprint density at radius 1 is 1.03 bits per heavy atom. The molecule has 0 spiro atoms. The fourth-order valence-electron chi connectivity index (χ4n) is 4.10. The zero-order valence-corrected chi connectivity index (χ0v) is 19.2. The molecule has 0 atom stereocenters. The molecule has 0 bridgehead atoms. The van der Waals surface area contributed by atoms with Gasteiger partial charge in [0.2, 0.25) is 5.43 Å². The van der Waals surface area contributed by atoms with E-state index in [4.69, 9.17) is 4.98 Å². The molecule has 7 heteroatoms. The highest BCUT2D eigenvalue weighted by Crippen LogP contribution is 2.25. The number of aryl methyl sites for hydroxylation is 1. The Hall–Kier alpha value is -4.75. The standard InChI is InChI=1S/C28H22N4O3/c1-2-3-8-26-31-24-13-20(15-29)27(33)21(16-30)14-25(24)32(26)17-18-9-11-19(12-10-18)22-6-4-5-7-23(22)28(34)35/h4-7,9-14H,2-3,8,17H2,1H3,(H,34,35). The first-order valence-corrected chi connectivity index (χ1v) is 11.3. The molecule has 0 radical (unpaired) electrons. The number of benzene rings is 2. The molecule has 0 aliphatic heterocycles. The maximum Gasteiger partial charge on any atom is 0.336 e. The second kappa shape index (κ2) is 10.0. The molecule has 0 saturated heterocycles. The maximum absolute atomic E-state index is 12.5. The van der Waals surface area contributed by atoms with Gasteiger partial charge in [0.25, 0.3) is 0 Å². The quantitative estimate of drug-likeness (QED) is 0.417. The van der Waals surface area contributed by atoms with Crippen molar-refractivity contribution in [1.82, 2.24) is 9.55 Å². The van der Waals surface area contributed by atoms with E-state index in [1.165, 1.54) is 12.1 Å². The molecule has 1 aromatic heterocycles. The Morgan fingerprint density at radius 3 is 2.37 bits per heavy atom. The average molecular weight is 463 g/mol. The summed E-state index contributed by atoms with van der Waals surface area (Å²) in [7, 11) is 0. The molecule has 1 N–H and O–H groups in total. The summed E-state index contributed by atoms with van der Waals surface area (Å²) in [5.74, 6) is -0.167. The molecule has 0 fully saturated rings. The number of nitriles is 2. The molecule has 0 saturated carbocycles. The fraction of sp³-hybridized carbons (Fsp3) is 0.179. The zero-order chi connectivity index (χ0) is 24.9. The van der Waals surface area contributed by atoms with E-state index in [9.17, 15) is 25.2 Å². The molecular formula is C28H22N4O3. The summed E-state index contributed by atoms with van der Waals surface area (Å²) < 4.78 is 1.98. The third-order valence-corrected chi connectivity index (χ3v) is 5.92. The number of rotatable bonds is 7. The van der Waals surface area contributed by atoms with E-state index in [0.717, 1.165) is 29.8 Å². The lowest BCUT2D eigenvalue weighted by Crippen LogP contribution is -2.08. The van der Waals surface area contributed by atoms with Crippen LogP contribution in [0.1, 0.15) is 52.6 Å². The topological polar surface area (TPSA) is 120 Å². The van der Waals surface area contributed by atoms with E-state index in [-0.39, 0.29) is 16.7 Å². The van der Waals surface area contributed by atoms with Crippen LogP contribution in [0.4, 0.5) is 0 Å². The van der Waals surface area contributed by atoms with Gasteiger partial charge in [-0.1, -0.05) is 55.8 Å². The van der Waals surface area contributed by atoms with Crippen molar-refractivity contribution in [3.8, 4) is 23.3 Å². The summed E-state index contributed by atoms with van der Waals surface area (Å²) in [6.45, 7) is 2.54. The first-order chi connectivity index (χ1) is 17.0. The molecular weight excluding hydrogens is 440 g/mol. The smallest absolute Gasteiger partial charge is 0.336 e. The van der Waals surface area contributed by atoms with Gasteiger partial charge in [0.15, 0.2) is 0 Å². The number of carboxylic acid groups (broad SMARTS) is 1. The van der Waals surface area contributed by atoms with Crippen LogP contribution in [0.25, 0.3) is 22.2 Å². The first-order valence-electron chi connectivity index (χ1n) is 11.3. The predicted molar refractivity (Wildman–Crippen MR) is 132 cm³/mol. The van der Waals surface area contributed by atoms with Crippen molar-refractivity contribution in [2.45, 2.75) is 32.7 Å². The zero-order valence-electron chi connectivity index (χ0n) is 19.2.